The zero-order chi connectivity index (χ0) is 12.3. The third-order valence-corrected chi connectivity index (χ3v) is 4.55. The van der Waals surface area contributed by atoms with Gasteiger partial charge in [-0.2, -0.15) is 0 Å². The minimum absolute atomic E-state index is 0.356. The van der Waals surface area contributed by atoms with E-state index in [1.165, 1.54) is 44.1 Å². The number of nitrogens with one attached hydrogen (secondary N) is 2. The van der Waals surface area contributed by atoms with E-state index < -0.39 is 0 Å². The van der Waals surface area contributed by atoms with Crippen molar-refractivity contribution < 1.29 is 0 Å². The van der Waals surface area contributed by atoms with Crippen LogP contribution in [0.4, 0.5) is 0 Å². The van der Waals surface area contributed by atoms with Gasteiger partial charge in [0.25, 0.3) is 0 Å². The van der Waals surface area contributed by atoms with Crippen LogP contribution in [0.3, 0.4) is 0 Å². The Balaban J connectivity index is 1.75. The first-order valence-electron chi connectivity index (χ1n) is 7.41. The summed E-state index contributed by atoms with van der Waals surface area (Å²) in [5, 5.41) is 7.62. The zero-order valence-corrected chi connectivity index (χ0v) is 11.1. The van der Waals surface area contributed by atoms with Crippen LogP contribution in [0.1, 0.15) is 50.1 Å². The van der Waals surface area contributed by atoms with Gasteiger partial charge in [0, 0.05) is 24.7 Å². The number of benzene rings is 1. The van der Waals surface area contributed by atoms with Crippen molar-refractivity contribution in [3.8, 4) is 0 Å². The summed E-state index contributed by atoms with van der Waals surface area (Å²) in [7, 11) is 0. The van der Waals surface area contributed by atoms with Gasteiger partial charge in [0.05, 0.1) is 0 Å². The van der Waals surface area contributed by atoms with E-state index in [1.54, 1.807) is 0 Å². The Kier molecular flexibility index (Phi) is 3.67. The molecule has 1 saturated heterocycles. The molecule has 1 saturated carbocycles. The van der Waals surface area contributed by atoms with Gasteiger partial charge in [-0.3, -0.25) is 0 Å². The zero-order valence-electron chi connectivity index (χ0n) is 11.1. The standard InChI is InChI=1S/C16H24N2/c1-2-7-11-16(10-6-1)13-17-12-15(18-16)14-8-4-3-5-9-14/h3-5,8-9,15,17-18H,1-2,6-7,10-13H2. The van der Waals surface area contributed by atoms with Crippen molar-refractivity contribution in [2.24, 2.45) is 0 Å². The molecule has 1 unspecified atom stereocenters. The minimum atomic E-state index is 0.356. The Bertz CT molecular complexity index is 366. The fourth-order valence-electron chi connectivity index (χ4n) is 3.54. The molecule has 1 spiro atoms. The average molecular weight is 244 g/mol. The quantitative estimate of drug-likeness (QED) is 0.793. The molecule has 2 aliphatic rings. The number of piperazine rings is 1. The van der Waals surface area contributed by atoms with E-state index in [-0.39, 0.29) is 0 Å². The molecule has 1 aromatic carbocycles. The molecule has 2 fully saturated rings. The van der Waals surface area contributed by atoms with Gasteiger partial charge in [0.1, 0.15) is 0 Å². The van der Waals surface area contributed by atoms with Crippen LogP contribution in [-0.4, -0.2) is 18.6 Å². The molecular formula is C16H24N2. The Labute approximate surface area is 110 Å². The SMILES string of the molecule is c1ccc(C2CNCC3(CCCCCC3)N2)cc1. The smallest absolute Gasteiger partial charge is 0.0451 e. The Morgan fingerprint density at radius 3 is 2.39 bits per heavy atom. The van der Waals surface area contributed by atoms with Gasteiger partial charge in [-0.25, -0.2) is 0 Å². The largest absolute Gasteiger partial charge is 0.313 e. The summed E-state index contributed by atoms with van der Waals surface area (Å²) in [6.07, 6.45) is 8.28. The van der Waals surface area contributed by atoms with Crippen LogP contribution in [0.15, 0.2) is 30.3 Å². The molecule has 0 bridgehead atoms. The molecule has 1 aromatic rings. The second-order valence-electron chi connectivity index (χ2n) is 5.93. The van der Waals surface area contributed by atoms with Gasteiger partial charge in [0.15, 0.2) is 0 Å². The Morgan fingerprint density at radius 1 is 0.944 bits per heavy atom. The number of hydrogen-bond donors (Lipinski definition) is 2. The molecule has 18 heavy (non-hydrogen) atoms. The maximum absolute atomic E-state index is 3.96. The van der Waals surface area contributed by atoms with Crippen LogP contribution in [0.25, 0.3) is 0 Å². The van der Waals surface area contributed by atoms with Crippen molar-refractivity contribution in [3.05, 3.63) is 35.9 Å². The molecule has 1 aliphatic heterocycles. The first kappa shape index (κ1) is 12.2. The topological polar surface area (TPSA) is 24.1 Å². The monoisotopic (exact) mass is 244 g/mol. The lowest BCUT2D eigenvalue weighted by Crippen LogP contribution is -2.60. The van der Waals surface area contributed by atoms with Gasteiger partial charge in [-0.15, -0.1) is 0 Å². The van der Waals surface area contributed by atoms with Crippen LogP contribution in [0.2, 0.25) is 0 Å². The number of rotatable bonds is 1. The predicted octanol–water partition coefficient (Wildman–Crippen LogP) is 3.01. The van der Waals surface area contributed by atoms with Gasteiger partial charge >= 0.3 is 0 Å². The highest BCUT2D eigenvalue weighted by Crippen LogP contribution is 2.31. The Morgan fingerprint density at radius 2 is 1.67 bits per heavy atom. The van der Waals surface area contributed by atoms with E-state index in [9.17, 15) is 0 Å². The third-order valence-electron chi connectivity index (χ3n) is 4.55. The molecule has 0 aromatic heterocycles. The van der Waals surface area contributed by atoms with Crippen LogP contribution in [-0.2, 0) is 0 Å². The first-order valence-corrected chi connectivity index (χ1v) is 7.41. The Hall–Kier alpha value is -0.860. The summed E-state index contributed by atoms with van der Waals surface area (Å²) in [5.41, 5.74) is 1.78. The third kappa shape index (κ3) is 2.60. The van der Waals surface area contributed by atoms with E-state index in [0.717, 1.165) is 13.1 Å². The van der Waals surface area contributed by atoms with E-state index in [0.29, 0.717) is 11.6 Å². The number of hydrogen-bond acceptors (Lipinski definition) is 2. The van der Waals surface area contributed by atoms with Crippen molar-refractivity contribution in [2.45, 2.75) is 50.1 Å². The molecule has 2 N–H and O–H groups in total. The van der Waals surface area contributed by atoms with Crippen molar-refractivity contribution in [1.29, 1.82) is 0 Å². The molecule has 0 radical (unpaired) electrons. The molecule has 1 aliphatic carbocycles. The predicted molar refractivity (Wildman–Crippen MR) is 75.6 cm³/mol. The highest BCUT2D eigenvalue weighted by Gasteiger charge is 2.35. The van der Waals surface area contributed by atoms with Gasteiger partial charge in [-0.1, -0.05) is 56.0 Å². The summed E-state index contributed by atoms with van der Waals surface area (Å²) < 4.78 is 0. The summed E-state index contributed by atoms with van der Waals surface area (Å²) in [6, 6.07) is 11.4. The van der Waals surface area contributed by atoms with Crippen molar-refractivity contribution in [1.82, 2.24) is 10.6 Å². The van der Waals surface area contributed by atoms with E-state index in [2.05, 4.69) is 41.0 Å². The van der Waals surface area contributed by atoms with Crippen LogP contribution < -0.4 is 10.6 Å². The van der Waals surface area contributed by atoms with Crippen molar-refractivity contribution >= 4 is 0 Å². The molecule has 1 atom stereocenters. The van der Waals surface area contributed by atoms with Gasteiger partial charge < -0.3 is 10.6 Å². The van der Waals surface area contributed by atoms with E-state index in [4.69, 9.17) is 0 Å². The van der Waals surface area contributed by atoms with Crippen LogP contribution in [0.5, 0.6) is 0 Å². The van der Waals surface area contributed by atoms with Crippen LogP contribution >= 0.6 is 0 Å². The summed E-state index contributed by atoms with van der Waals surface area (Å²) >= 11 is 0. The minimum Gasteiger partial charge on any atom is -0.313 e. The molecule has 3 rings (SSSR count). The lowest BCUT2D eigenvalue weighted by molar-refractivity contribution is 0.199. The second kappa shape index (κ2) is 5.41. The fourth-order valence-corrected chi connectivity index (χ4v) is 3.54. The van der Waals surface area contributed by atoms with Gasteiger partial charge in [0.2, 0.25) is 0 Å². The highest BCUT2D eigenvalue weighted by molar-refractivity contribution is 5.21. The van der Waals surface area contributed by atoms with Crippen molar-refractivity contribution in [3.63, 3.8) is 0 Å². The summed E-state index contributed by atoms with van der Waals surface area (Å²) in [5.74, 6) is 0. The lowest BCUT2D eigenvalue weighted by atomic mass is 9.86. The van der Waals surface area contributed by atoms with Crippen LogP contribution in [0, 0.1) is 0 Å². The normalized spacial score (nSPS) is 27.9. The first-order chi connectivity index (χ1) is 8.88. The average Bonchev–Trinajstić information content (AvgIpc) is 2.66. The maximum Gasteiger partial charge on any atom is 0.0451 e. The molecule has 1 heterocycles. The lowest BCUT2D eigenvalue weighted by Gasteiger charge is -2.43. The molecular weight excluding hydrogens is 220 g/mol. The van der Waals surface area contributed by atoms with Crippen molar-refractivity contribution in [2.75, 3.05) is 13.1 Å². The van der Waals surface area contributed by atoms with Gasteiger partial charge in [-0.05, 0) is 18.4 Å². The summed E-state index contributed by atoms with van der Waals surface area (Å²) in [4.78, 5) is 0. The molecule has 98 valence electrons. The molecule has 2 heteroatoms. The maximum atomic E-state index is 3.96. The summed E-state index contributed by atoms with van der Waals surface area (Å²) in [6.45, 7) is 2.21. The fraction of sp³-hybridized carbons (Fsp3) is 0.625. The second-order valence-corrected chi connectivity index (χ2v) is 5.93. The highest BCUT2D eigenvalue weighted by atomic mass is 15.1. The van der Waals surface area contributed by atoms with E-state index >= 15 is 0 Å². The molecule has 0 amide bonds. The van der Waals surface area contributed by atoms with E-state index in [1.807, 2.05) is 0 Å². The molecule has 2 nitrogen and oxygen atoms in total.